The van der Waals surface area contributed by atoms with Crippen molar-refractivity contribution in [1.29, 1.82) is 0 Å². The molecule has 0 unspecified atom stereocenters. The van der Waals surface area contributed by atoms with E-state index in [2.05, 4.69) is 15.3 Å². The minimum Gasteiger partial charge on any atom is -0.480 e. The lowest BCUT2D eigenvalue weighted by Gasteiger charge is -2.18. The van der Waals surface area contributed by atoms with Gasteiger partial charge in [0.15, 0.2) is 5.82 Å². The van der Waals surface area contributed by atoms with Crippen LogP contribution < -0.4 is 15.0 Å². The first-order valence-corrected chi connectivity index (χ1v) is 5.54. The summed E-state index contributed by atoms with van der Waals surface area (Å²) < 4.78 is 9.98. The Morgan fingerprint density at radius 1 is 1.29 bits per heavy atom. The molecule has 0 aliphatic rings. The van der Waals surface area contributed by atoms with Gasteiger partial charge in [-0.3, -0.25) is 4.98 Å². The molecule has 1 rings (SSSR count). The molecule has 0 bridgehead atoms. The molecule has 1 N–H and O–H groups in total. The van der Waals surface area contributed by atoms with E-state index in [0.717, 1.165) is 32.1 Å². The van der Waals surface area contributed by atoms with Crippen molar-refractivity contribution >= 4 is 5.82 Å². The summed E-state index contributed by atoms with van der Waals surface area (Å²) in [4.78, 5) is 10.4. The lowest BCUT2D eigenvalue weighted by atomic mass is 10.5. The van der Waals surface area contributed by atoms with E-state index in [-0.39, 0.29) is 0 Å². The Balaban J connectivity index is 2.33. The number of aromatic nitrogens is 2. The molecule has 0 saturated carbocycles. The van der Waals surface area contributed by atoms with Crippen LogP contribution in [0.25, 0.3) is 0 Å². The molecule has 0 atom stereocenters. The zero-order valence-electron chi connectivity index (χ0n) is 10.6. The SMILES string of the molecule is COCCNCCN(C)c1cncc(OC)n1. The maximum absolute atomic E-state index is 5.03. The van der Waals surface area contributed by atoms with Gasteiger partial charge in [-0.25, -0.2) is 0 Å². The zero-order chi connectivity index (χ0) is 12.5. The highest BCUT2D eigenvalue weighted by molar-refractivity contribution is 5.36. The lowest BCUT2D eigenvalue weighted by molar-refractivity contribution is 0.200. The van der Waals surface area contributed by atoms with Gasteiger partial charge >= 0.3 is 0 Å². The van der Waals surface area contributed by atoms with Gasteiger partial charge in [0.2, 0.25) is 5.88 Å². The van der Waals surface area contributed by atoms with Gasteiger partial charge in [0.1, 0.15) is 0 Å². The number of hydrogen-bond acceptors (Lipinski definition) is 6. The number of anilines is 1. The van der Waals surface area contributed by atoms with E-state index in [4.69, 9.17) is 9.47 Å². The molecule has 1 aromatic heterocycles. The smallest absolute Gasteiger partial charge is 0.233 e. The highest BCUT2D eigenvalue weighted by Crippen LogP contribution is 2.11. The molecule has 1 heterocycles. The van der Waals surface area contributed by atoms with E-state index >= 15 is 0 Å². The molecule has 0 saturated heterocycles. The number of likely N-dealkylation sites (N-methyl/N-ethyl adjacent to an activating group) is 1. The Hall–Kier alpha value is -1.40. The lowest BCUT2D eigenvalue weighted by Crippen LogP contribution is -2.31. The summed E-state index contributed by atoms with van der Waals surface area (Å²) in [6.45, 7) is 3.31. The summed E-state index contributed by atoms with van der Waals surface area (Å²) in [5, 5.41) is 3.27. The van der Waals surface area contributed by atoms with Crippen LogP contribution >= 0.6 is 0 Å². The first kappa shape index (κ1) is 13.7. The summed E-state index contributed by atoms with van der Waals surface area (Å²) in [6.07, 6.45) is 3.31. The number of methoxy groups -OCH3 is 2. The maximum atomic E-state index is 5.03. The fourth-order valence-electron chi connectivity index (χ4n) is 1.28. The van der Waals surface area contributed by atoms with Crippen molar-refractivity contribution in [2.75, 3.05) is 52.4 Å². The van der Waals surface area contributed by atoms with Crippen molar-refractivity contribution in [3.05, 3.63) is 12.4 Å². The van der Waals surface area contributed by atoms with Crippen LogP contribution in [-0.2, 0) is 4.74 Å². The molecule has 0 spiro atoms. The monoisotopic (exact) mass is 240 g/mol. The van der Waals surface area contributed by atoms with Crippen LogP contribution in [0.4, 0.5) is 5.82 Å². The Kier molecular flexibility index (Phi) is 6.27. The van der Waals surface area contributed by atoms with Gasteiger partial charge in [0, 0.05) is 33.8 Å². The van der Waals surface area contributed by atoms with Crippen LogP contribution in [0.3, 0.4) is 0 Å². The Morgan fingerprint density at radius 2 is 2.12 bits per heavy atom. The molecule has 0 aliphatic heterocycles. The van der Waals surface area contributed by atoms with Gasteiger partial charge < -0.3 is 19.7 Å². The summed E-state index contributed by atoms with van der Waals surface area (Å²) >= 11 is 0. The average Bonchev–Trinajstić information content (AvgIpc) is 2.38. The summed E-state index contributed by atoms with van der Waals surface area (Å²) in [6, 6.07) is 0. The van der Waals surface area contributed by atoms with Crippen molar-refractivity contribution < 1.29 is 9.47 Å². The third-order valence-electron chi connectivity index (χ3n) is 2.31. The molecule has 96 valence electrons. The van der Waals surface area contributed by atoms with Crippen LogP contribution in [-0.4, -0.2) is 57.5 Å². The van der Waals surface area contributed by atoms with E-state index < -0.39 is 0 Å². The van der Waals surface area contributed by atoms with Crippen molar-refractivity contribution in [2.45, 2.75) is 0 Å². The van der Waals surface area contributed by atoms with Crippen molar-refractivity contribution in [2.24, 2.45) is 0 Å². The predicted molar refractivity (Wildman–Crippen MR) is 66.6 cm³/mol. The van der Waals surface area contributed by atoms with Crippen LogP contribution in [0.2, 0.25) is 0 Å². The molecule has 1 aromatic rings. The molecule has 0 amide bonds. The Morgan fingerprint density at radius 3 is 2.82 bits per heavy atom. The molecule has 0 aliphatic carbocycles. The fourth-order valence-corrected chi connectivity index (χ4v) is 1.28. The second-order valence-corrected chi connectivity index (χ2v) is 3.58. The standard InChI is InChI=1S/C11H20N4O2/c1-15(6-4-12-5-7-16-2)10-8-13-9-11(14-10)17-3/h8-9,12H,4-7H2,1-3H3. The molecule has 6 heteroatoms. The van der Waals surface area contributed by atoms with Gasteiger partial charge in [0.25, 0.3) is 0 Å². The summed E-state index contributed by atoms with van der Waals surface area (Å²) in [5.41, 5.74) is 0. The van der Waals surface area contributed by atoms with Crippen LogP contribution in [0.1, 0.15) is 0 Å². The molecule has 0 radical (unpaired) electrons. The zero-order valence-corrected chi connectivity index (χ0v) is 10.6. The van der Waals surface area contributed by atoms with Gasteiger partial charge in [0.05, 0.1) is 26.1 Å². The second kappa shape index (κ2) is 7.81. The highest BCUT2D eigenvalue weighted by atomic mass is 16.5. The average molecular weight is 240 g/mol. The molecule has 0 aromatic carbocycles. The summed E-state index contributed by atoms with van der Waals surface area (Å²) in [5.74, 6) is 1.33. The molecule has 17 heavy (non-hydrogen) atoms. The third kappa shape index (κ3) is 4.97. The second-order valence-electron chi connectivity index (χ2n) is 3.58. The largest absolute Gasteiger partial charge is 0.480 e. The number of rotatable bonds is 8. The highest BCUT2D eigenvalue weighted by Gasteiger charge is 2.03. The number of nitrogens with one attached hydrogen (secondary N) is 1. The third-order valence-corrected chi connectivity index (χ3v) is 2.31. The van der Waals surface area contributed by atoms with Gasteiger partial charge in [-0.15, -0.1) is 0 Å². The van der Waals surface area contributed by atoms with Gasteiger partial charge in [-0.1, -0.05) is 0 Å². The van der Waals surface area contributed by atoms with E-state index in [1.165, 1.54) is 0 Å². The predicted octanol–water partition coefficient (Wildman–Crippen LogP) is 0.157. The Bertz CT molecular complexity index is 322. The molecular formula is C11H20N4O2. The van der Waals surface area contributed by atoms with Crippen LogP contribution in [0.5, 0.6) is 5.88 Å². The van der Waals surface area contributed by atoms with Crippen molar-refractivity contribution in [3.8, 4) is 5.88 Å². The minimum absolute atomic E-state index is 0.529. The molecular weight excluding hydrogens is 220 g/mol. The first-order chi connectivity index (χ1) is 8.27. The fraction of sp³-hybridized carbons (Fsp3) is 0.636. The van der Waals surface area contributed by atoms with E-state index in [9.17, 15) is 0 Å². The van der Waals surface area contributed by atoms with Crippen molar-refractivity contribution in [3.63, 3.8) is 0 Å². The molecule has 6 nitrogen and oxygen atoms in total. The topological polar surface area (TPSA) is 59.5 Å². The quantitative estimate of drug-likeness (QED) is 0.653. The number of hydrogen-bond donors (Lipinski definition) is 1. The van der Waals surface area contributed by atoms with Gasteiger partial charge in [-0.05, 0) is 0 Å². The molecule has 0 fully saturated rings. The van der Waals surface area contributed by atoms with E-state index in [1.54, 1.807) is 26.6 Å². The van der Waals surface area contributed by atoms with E-state index in [1.807, 2.05) is 11.9 Å². The van der Waals surface area contributed by atoms with Crippen LogP contribution in [0, 0.1) is 0 Å². The summed E-state index contributed by atoms with van der Waals surface area (Å²) in [7, 11) is 5.25. The Labute approximate surface area is 102 Å². The van der Waals surface area contributed by atoms with Crippen LogP contribution in [0.15, 0.2) is 12.4 Å². The number of ether oxygens (including phenoxy) is 2. The van der Waals surface area contributed by atoms with Crippen molar-refractivity contribution in [1.82, 2.24) is 15.3 Å². The normalized spacial score (nSPS) is 10.3. The maximum Gasteiger partial charge on any atom is 0.233 e. The first-order valence-electron chi connectivity index (χ1n) is 5.54. The van der Waals surface area contributed by atoms with Gasteiger partial charge in [-0.2, -0.15) is 4.98 Å². The number of nitrogens with zero attached hydrogens (tertiary/aromatic N) is 3. The minimum atomic E-state index is 0.529. The van der Waals surface area contributed by atoms with E-state index in [0.29, 0.717) is 5.88 Å².